The number of aromatic nitrogens is 4. The summed E-state index contributed by atoms with van der Waals surface area (Å²) in [7, 11) is 4.01. The maximum absolute atomic E-state index is 13.0. The molecule has 0 spiro atoms. The summed E-state index contributed by atoms with van der Waals surface area (Å²) in [6, 6.07) is 14.3. The zero-order valence-corrected chi connectivity index (χ0v) is 23.9. The Bertz CT molecular complexity index is 1760. The third-order valence-corrected chi connectivity index (χ3v) is 8.44. The molecule has 1 amide bonds. The molecule has 1 saturated heterocycles. The van der Waals surface area contributed by atoms with E-state index in [1.54, 1.807) is 4.68 Å². The first-order valence-corrected chi connectivity index (χ1v) is 14.5. The average molecular weight is 559 g/mol. The molecule has 0 saturated carbocycles. The number of pyridine rings is 1. The molecule has 0 radical (unpaired) electrons. The summed E-state index contributed by atoms with van der Waals surface area (Å²) in [5, 5.41) is 8.79. The number of nitrogens with one attached hydrogen (secondary N) is 1. The van der Waals surface area contributed by atoms with E-state index in [-0.39, 0.29) is 11.8 Å². The maximum atomic E-state index is 13.0. The van der Waals surface area contributed by atoms with Gasteiger partial charge in [-0.3, -0.25) is 9.48 Å². The Kier molecular flexibility index (Phi) is 6.79. The topological polar surface area (TPSA) is 83.6 Å². The molecule has 1 atom stereocenters. The molecule has 3 aliphatic heterocycles. The van der Waals surface area contributed by atoms with Crippen LogP contribution in [-0.2, 0) is 7.05 Å². The summed E-state index contributed by atoms with van der Waals surface area (Å²) in [6.07, 6.45) is 15.9. The van der Waals surface area contributed by atoms with Crippen LogP contribution in [0.25, 0.3) is 34.1 Å². The summed E-state index contributed by atoms with van der Waals surface area (Å²) in [4.78, 5) is 26.7. The van der Waals surface area contributed by atoms with Crippen molar-refractivity contribution in [3.8, 4) is 11.3 Å². The first-order chi connectivity index (χ1) is 20.5. The lowest BCUT2D eigenvalue weighted by atomic mass is 9.86. The largest absolute Gasteiger partial charge is 0.349 e. The van der Waals surface area contributed by atoms with Crippen LogP contribution in [0.2, 0.25) is 0 Å². The summed E-state index contributed by atoms with van der Waals surface area (Å²) in [5.74, 6) is 1.34. The van der Waals surface area contributed by atoms with Gasteiger partial charge < -0.3 is 19.7 Å². The normalized spacial score (nSPS) is 19.0. The Morgan fingerprint density at radius 2 is 1.86 bits per heavy atom. The van der Waals surface area contributed by atoms with Crippen molar-refractivity contribution in [2.24, 2.45) is 18.0 Å². The molecule has 0 aliphatic carbocycles. The van der Waals surface area contributed by atoms with Crippen LogP contribution >= 0.6 is 0 Å². The van der Waals surface area contributed by atoms with Crippen LogP contribution < -0.4 is 5.32 Å². The van der Waals surface area contributed by atoms with Gasteiger partial charge in [0.25, 0.3) is 5.91 Å². The Morgan fingerprint density at radius 3 is 2.64 bits per heavy atom. The van der Waals surface area contributed by atoms with Gasteiger partial charge in [-0.05, 0) is 66.9 Å². The number of aliphatic imine (C=N–C) groups is 1. The first kappa shape index (κ1) is 26.2. The van der Waals surface area contributed by atoms with E-state index in [0.29, 0.717) is 0 Å². The summed E-state index contributed by atoms with van der Waals surface area (Å²) in [5.41, 5.74) is 7.21. The third-order valence-electron chi connectivity index (χ3n) is 8.44. The van der Waals surface area contributed by atoms with Crippen molar-refractivity contribution in [1.82, 2.24) is 34.4 Å². The monoisotopic (exact) mass is 558 g/mol. The highest BCUT2D eigenvalue weighted by Gasteiger charge is 2.29. The van der Waals surface area contributed by atoms with Gasteiger partial charge in [0.2, 0.25) is 0 Å². The van der Waals surface area contributed by atoms with E-state index in [9.17, 15) is 4.79 Å². The highest BCUT2D eigenvalue weighted by atomic mass is 16.2. The Balaban J connectivity index is 1.01. The molecule has 212 valence electrons. The van der Waals surface area contributed by atoms with Gasteiger partial charge in [0.15, 0.2) is 0 Å². The van der Waals surface area contributed by atoms with E-state index in [4.69, 9.17) is 4.98 Å². The van der Waals surface area contributed by atoms with Crippen molar-refractivity contribution in [3.05, 3.63) is 96.2 Å². The number of amides is 1. The molecule has 4 aromatic rings. The average Bonchev–Trinajstić information content (AvgIpc) is 3.75. The smallest absolute Gasteiger partial charge is 0.253 e. The van der Waals surface area contributed by atoms with Gasteiger partial charge in [-0.2, -0.15) is 5.10 Å². The Morgan fingerprint density at radius 1 is 1.02 bits per heavy atom. The van der Waals surface area contributed by atoms with Crippen LogP contribution in [0.4, 0.5) is 0 Å². The number of carbonyl (C=O) groups is 1. The Labute approximate surface area is 245 Å². The third kappa shape index (κ3) is 5.07. The van der Waals surface area contributed by atoms with Crippen molar-refractivity contribution >= 4 is 34.5 Å². The van der Waals surface area contributed by atoms with E-state index in [1.807, 2.05) is 54.9 Å². The zero-order chi connectivity index (χ0) is 28.6. The number of likely N-dealkylation sites (N-methyl/N-ethyl adjacent to an activating group) is 1. The number of amidine groups is 1. The maximum Gasteiger partial charge on any atom is 0.253 e. The first-order valence-electron chi connectivity index (χ1n) is 14.5. The molecule has 3 aliphatic rings. The minimum absolute atomic E-state index is 0.117. The summed E-state index contributed by atoms with van der Waals surface area (Å²) >= 11 is 0. The highest BCUT2D eigenvalue weighted by molar-refractivity contribution is 5.96. The standard InChI is InChI=1S/C33H34N8O/c1-38-14-16-41(17-15-38)33(42)25-7-5-23(6-8-25)27-18-29-26(19-34-31(29)35-20-27)4-3-12-40-13-11-24-9-10-30(37-32(24)40)28-21-36-39(2)22-28/h3,5-13,19-22,29H,4,14-18H2,1-2H3,(H,34,35)/b12-3-. The summed E-state index contributed by atoms with van der Waals surface area (Å²) in [6.45, 7) is 3.40. The van der Waals surface area contributed by atoms with Crippen LogP contribution in [0.1, 0.15) is 28.8 Å². The number of rotatable bonds is 6. The fraction of sp³-hybridized carbons (Fsp3) is 0.273. The highest BCUT2D eigenvalue weighted by Crippen LogP contribution is 2.35. The molecular weight excluding hydrogens is 524 g/mol. The fourth-order valence-electron chi connectivity index (χ4n) is 5.89. The lowest BCUT2D eigenvalue weighted by Gasteiger charge is -2.32. The molecule has 1 aromatic carbocycles. The van der Waals surface area contributed by atoms with E-state index < -0.39 is 0 Å². The van der Waals surface area contributed by atoms with Crippen molar-refractivity contribution in [2.45, 2.75) is 12.8 Å². The van der Waals surface area contributed by atoms with Crippen LogP contribution in [0.3, 0.4) is 0 Å². The number of aryl methyl sites for hydroxylation is 1. The van der Waals surface area contributed by atoms with Gasteiger partial charge in [-0.25, -0.2) is 9.98 Å². The number of hydrogen-bond acceptors (Lipinski definition) is 6. The number of benzene rings is 1. The number of fused-ring (bicyclic) bond motifs is 2. The number of hydrogen-bond donors (Lipinski definition) is 1. The molecule has 6 heterocycles. The van der Waals surface area contributed by atoms with Gasteiger partial charge in [-0.1, -0.05) is 18.2 Å². The molecule has 3 aromatic heterocycles. The van der Waals surface area contributed by atoms with Crippen molar-refractivity contribution in [2.75, 3.05) is 33.2 Å². The quantitative estimate of drug-likeness (QED) is 0.373. The predicted octanol–water partition coefficient (Wildman–Crippen LogP) is 4.63. The molecule has 9 heteroatoms. The minimum Gasteiger partial charge on any atom is -0.349 e. The van der Waals surface area contributed by atoms with Crippen LogP contribution in [-0.4, -0.2) is 74.1 Å². The number of piperazine rings is 1. The fourth-order valence-corrected chi connectivity index (χ4v) is 5.89. The van der Waals surface area contributed by atoms with Crippen molar-refractivity contribution in [3.63, 3.8) is 0 Å². The lowest BCUT2D eigenvalue weighted by molar-refractivity contribution is 0.0664. The number of allylic oxidation sites excluding steroid dienone is 2. The zero-order valence-electron chi connectivity index (χ0n) is 23.9. The van der Waals surface area contributed by atoms with Gasteiger partial charge in [0, 0.05) is 86.7 Å². The molecule has 1 N–H and O–H groups in total. The van der Waals surface area contributed by atoms with Gasteiger partial charge >= 0.3 is 0 Å². The van der Waals surface area contributed by atoms with E-state index in [2.05, 4.69) is 74.7 Å². The Hall–Kier alpha value is -4.76. The van der Waals surface area contributed by atoms with E-state index in [1.165, 1.54) is 11.1 Å². The second-order valence-corrected chi connectivity index (χ2v) is 11.3. The van der Waals surface area contributed by atoms with Gasteiger partial charge in [0.1, 0.15) is 11.5 Å². The lowest BCUT2D eigenvalue weighted by Crippen LogP contribution is -2.47. The summed E-state index contributed by atoms with van der Waals surface area (Å²) < 4.78 is 3.86. The number of nitrogens with zero attached hydrogens (tertiary/aromatic N) is 7. The predicted molar refractivity (Wildman–Crippen MR) is 166 cm³/mol. The van der Waals surface area contributed by atoms with Gasteiger partial charge in [0.05, 0.1) is 11.9 Å². The van der Waals surface area contributed by atoms with Gasteiger partial charge in [-0.15, -0.1) is 0 Å². The van der Waals surface area contributed by atoms with Crippen LogP contribution in [0.15, 0.2) is 90.1 Å². The van der Waals surface area contributed by atoms with Crippen molar-refractivity contribution < 1.29 is 4.79 Å². The molecule has 1 fully saturated rings. The molecule has 0 bridgehead atoms. The second kappa shape index (κ2) is 10.9. The minimum atomic E-state index is 0.117. The molecule has 9 nitrogen and oxygen atoms in total. The van der Waals surface area contributed by atoms with Crippen LogP contribution in [0.5, 0.6) is 0 Å². The molecule has 42 heavy (non-hydrogen) atoms. The number of carbonyl (C=O) groups excluding carboxylic acids is 1. The van der Waals surface area contributed by atoms with E-state index in [0.717, 1.165) is 78.3 Å². The molecule has 1 unspecified atom stereocenters. The van der Waals surface area contributed by atoms with Crippen molar-refractivity contribution in [1.29, 1.82) is 0 Å². The molecule has 7 rings (SSSR count). The van der Waals surface area contributed by atoms with Crippen LogP contribution in [0, 0.1) is 5.92 Å². The second-order valence-electron chi connectivity index (χ2n) is 11.3. The SMILES string of the molecule is CN1CCN(C(=O)c2ccc(C3=CNC4=NC=C(C/C=C\n5ccc6ccc(-c7cnn(C)c7)nc65)C4C3)cc2)CC1. The molecular formula is C33H34N8O. The van der Waals surface area contributed by atoms with E-state index >= 15 is 0 Å².